The Balaban J connectivity index is 2.30. The fourth-order valence-electron chi connectivity index (χ4n) is 2.83. The highest BCUT2D eigenvalue weighted by atomic mass is 15.1. The van der Waals surface area contributed by atoms with Crippen molar-refractivity contribution in [1.29, 1.82) is 0 Å². The van der Waals surface area contributed by atoms with E-state index in [0.717, 1.165) is 19.5 Å². The molecule has 96 valence electrons. The molecule has 1 aromatic heterocycles. The van der Waals surface area contributed by atoms with Crippen LogP contribution in [0.2, 0.25) is 0 Å². The van der Waals surface area contributed by atoms with Gasteiger partial charge >= 0.3 is 0 Å². The van der Waals surface area contributed by atoms with E-state index < -0.39 is 0 Å². The van der Waals surface area contributed by atoms with E-state index in [9.17, 15) is 0 Å². The lowest BCUT2D eigenvalue weighted by Crippen LogP contribution is -2.19. The van der Waals surface area contributed by atoms with Gasteiger partial charge < -0.3 is 9.88 Å². The summed E-state index contributed by atoms with van der Waals surface area (Å²) in [6, 6.07) is 0.642. The monoisotopic (exact) mass is 235 g/mol. The van der Waals surface area contributed by atoms with Gasteiger partial charge in [0.05, 0.1) is 5.69 Å². The lowest BCUT2D eigenvalue weighted by atomic mass is 10.0. The fourth-order valence-corrected chi connectivity index (χ4v) is 2.83. The number of hydrogen-bond donors (Lipinski definition) is 1. The average molecular weight is 235 g/mol. The van der Waals surface area contributed by atoms with Crippen molar-refractivity contribution in [2.75, 3.05) is 6.54 Å². The Morgan fingerprint density at radius 3 is 2.94 bits per heavy atom. The molecule has 17 heavy (non-hydrogen) atoms. The Hall–Kier alpha value is -0.830. The minimum atomic E-state index is 0.642. The van der Waals surface area contributed by atoms with Crippen molar-refractivity contribution >= 4 is 0 Å². The molecule has 2 rings (SSSR count). The normalized spacial score (nSPS) is 19.4. The largest absolute Gasteiger partial charge is 0.329 e. The lowest BCUT2D eigenvalue weighted by Gasteiger charge is -2.24. The van der Waals surface area contributed by atoms with Crippen LogP contribution in [0.4, 0.5) is 0 Å². The topological polar surface area (TPSA) is 29.9 Å². The predicted molar refractivity (Wildman–Crippen MR) is 71.3 cm³/mol. The third-order valence-corrected chi connectivity index (χ3v) is 3.66. The molecule has 1 aliphatic heterocycles. The van der Waals surface area contributed by atoms with E-state index in [2.05, 4.69) is 30.7 Å². The van der Waals surface area contributed by atoms with Gasteiger partial charge in [0.1, 0.15) is 5.82 Å². The molecule has 1 N–H and O–H groups in total. The van der Waals surface area contributed by atoms with Crippen LogP contribution < -0.4 is 5.32 Å². The Morgan fingerprint density at radius 1 is 1.41 bits per heavy atom. The first-order valence-corrected chi connectivity index (χ1v) is 7.07. The van der Waals surface area contributed by atoms with Crippen LogP contribution in [0.25, 0.3) is 0 Å². The second kappa shape index (κ2) is 5.67. The van der Waals surface area contributed by atoms with Gasteiger partial charge in [0.2, 0.25) is 0 Å². The maximum absolute atomic E-state index is 4.87. The van der Waals surface area contributed by atoms with Gasteiger partial charge in [-0.3, -0.25) is 0 Å². The summed E-state index contributed by atoms with van der Waals surface area (Å²) in [7, 11) is 0. The zero-order valence-corrected chi connectivity index (χ0v) is 11.4. The lowest BCUT2D eigenvalue weighted by molar-refractivity contribution is 0.416. The fraction of sp³-hybridized carbons (Fsp3) is 0.786. The molecule has 0 fully saturated rings. The molecular weight excluding hydrogens is 210 g/mol. The molecule has 0 aromatic carbocycles. The van der Waals surface area contributed by atoms with Crippen molar-refractivity contribution in [2.24, 2.45) is 0 Å². The molecule has 0 amide bonds. The summed E-state index contributed by atoms with van der Waals surface area (Å²) in [5, 5.41) is 3.41. The Bertz CT molecular complexity index is 368. The molecule has 3 nitrogen and oxygen atoms in total. The molecule has 1 aliphatic rings. The standard InChI is InChI=1S/C14H25N3/c1-4-7-14-16-12(10-15-5-2)13-9-6-8-11(3)17(13)14/h11,15H,4-10H2,1-3H3. The van der Waals surface area contributed by atoms with E-state index >= 15 is 0 Å². The summed E-state index contributed by atoms with van der Waals surface area (Å²) in [6.07, 6.45) is 6.13. The number of imidazole rings is 1. The summed E-state index contributed by atoms with van der Waals surface area (Å²) in [5.41, 5.74) is 2.79. The van der Waals surface area contributed by atoms with Crippen molar-refractivity contribution in [3.8, 4) is 0 Å². The molecule has 0 radical (unpaired) electrons. The van der Waals surface area contributed by atoms with Crippen molar-refractivity contribution < 1.29 is 0 Å². The van der Waals surface area contributed by atoms with Gasteiger partial charge in [0.25, 0.3) is 0 Å². The van der Waals surface area contributed by atoms with Gasteiger partial charge in [-0.05, 0) is 39.2 Å². The number of aryl methyl sites for hydroxylation is 1. The molecule has 0 spiro atoms. The smallest absolute Gasteiger partial charge is 0.109 e. The quantitative estimate of drug-likeness (QED) is 0.850. The Morgan fingerprint density at radius 2 is 2.24 bits per heavy atom. The van der Waals surface area contributed by atoms with Crippen LogP contribution in [0.1, 0.15) is 63.3 Å². The maximum atomic E-state index is 4.87. The van der Waals surface area contributed by atoms with Crippen LogP contribution in [0.15, 0.2) is 0 Å². The highest BCUT2D eigenvalue weighted by Crippen LogP contribution is 2.29. The van der Waals surface area contributed by atoms with Gasteiger partial charge in [-0.15, -0.1) is 0 Å². The highest BCUT2D eigenvalue weighted by Gasteiger charge is 2.23. The summed E-state index contributed by atoms with van der Waals surface area (Å²) in [6.45, 7) is 8.67. The van der Waals surface area contributed by atoms with Crippen LogP contribution in [-0.2, 0) is 19.4 Å². The minimum absolute atomic E-state index is 0.642. The van der Waals surface area contributed by atoms with Gasteiger partial charge in [-0.1, -0.05) is 13.8 Å². The van der Waals surface area contributed by atoms with Crippen LogP contribution in [0, 0.1) is 0 Å². The van der Waals surface area contributed by atoms with Crippen LogP contribution in [-0.4, -0.2) is 16.1 Å². The van der Waals surface area contributed by atoms with Crippen molar-refractivity contribution in [2.45, 2.75) is 65.5 Å². The molecule has 3 heteroatoms. The van der Waals surface area contributed by atoms with Crippen LogP contribution in [0.5, 0.6) is 0 Å². The van der Waals surface area contributed by atoms with E-state index in [-0.39, 0.29) is 0 Å². The van der Waals surface area contributed by atoms with E-state index in [0.29, 0.717) is 6.04 Å². The molecular formula is C14H25N3. The SMILES string of the molecule is CCCc1nc(CNCC)c2n1C(C)CCC2. The number of nitrogens with zero attached hydrogens (tertiary/aromatic N) is 2. The maximum Gasteiger partial charge on any atom is 0.109 e. The Labute approximate surface area is 105 Å². The van der Waals surface area contributed by atoms with Crippen LogP contribution >= 0.6 is 0 Å². The molecule has 0 bridgehead atoms. The number of fused-ring (bicyclic) bond motifs is 1. The highest BCUT2D eigenvalue weighted by molar-refractivity contribution is 5.20. The first kappa shape index (κ1) is 12.6. The molecule has 1 unspecified atom stereocenters. The number of hydrogen-bond acceptors (Lipinski definition) is 2. The summed E-state index contributed by atoms with van der Waals surface area (Å²) < 4.78 is 2.51. The van der Waals surface area contributed by atoms with Crippen molar-refractivity contribution in [3.63, 3.8) is 0 Å². The molecule has 1 aromatic rings. The Kier molecular flexibility index (Phi) is 4.21. The summed E-state index contributed by atoms with van der Waals surface area (Å²) in [5.74, 6) is 1.31. The minimum Gasteiger partial charge on any atom is -0.329 e. The van der Waals surface area contributed by atoms with Gasteiger partial charge in [-0.25, -0.2) is 4.98 Å². The van der Waals surface area contributed by atoms with Crippen molar-refractivity contribution in [3.05, 3.63) is 17.2 Å². The second-order valence-electron chi connectivity index (χ2n) is 5.06. The van der Waals surface area contributed by atoms with E-state index in [4.69, 9.17) is 4.98 Å². The van der Waals surface area contributed by atoms with E-state index in [1.165, 1.54) is 42.9 Å². The number of rotatable bonds is 5. The summed E-state index contributed by atoms with van der Waals surface area (Å²) in [4.78, 5) is 4.87. The predicted octanol–water partition coefficient (Wildman–Crippen LogP) is 2.84. The van der Waals surface area contributed by atoms with E-state index in [1.807, 2.05) is 0 Å². The first-order chi connectivity index (χ1) is 8.27. The van der Waals surface area contributed by atoms with Gasteiger partial charge in [-0.2, -0.15) is 0 Å². The van der Waals surface area contributed by atoms with Crippen LogP contribution in [0.3, 0.4) is 0 Å². The third kappa shape index (κ3) is 2.54. The number of aromatic nitrogens is 2. The molecule has 1 atom stereocenters. The van der Waals surface area contributed by atoms with Gasteiger partial charge in [0, 0.05) is 24.7 Å². The third-order valence-electron chi connectivity index (χ3n) is 3.66. The van der Waals surface area contributed by atoms with E-state index in [1.54, 1.807) is 0 Å². The second-order valence-corrected chi connectivity index (χ2v) is 5.06. The van der Waals surface area contributed by atoms with Crippen molar-refractivity contribution in [1.82, 2.24) is 14.9 Å². The first-order valence-electron chi connectivity index (χ1n) is 7.07. The molecule has 0 aliphatic carbocycles. The average Bonchev–Trinajstić information content (AvgIpc) is 2.67. The zero-order chi connectivity index (χ0) is 12.3. The zero-order valence-electron chi connectivity index (χ0n) is 11.4. The van der Waals surface area contributed by atoms with Gasteiger partial charge in [0.15, 0.2) is 0 Å². The molecule has 0 saturated heterocycles. The molecule has 0 saturated carbocycles. The molecule has 2 heterocycles. The number of nitrogens with one attached hydrogen (secondary N) is 1. The summed E-state index contributed by atoms with van der Waals surface area (Å²) >= 11 is 0.